The third-order valence-electron chi connectivity index (χ3n) is 4.68. The molecular weight excluding hydrogens is 385 g/mol. The van der Waals surface area contributed by atoms with Crippen molar-refractivity contribution in [2.45, 2.75) is 25.4 Å². The van der Waals surface area contributed by atoms with Gasteiger partial charge in [0.1, 0.15) is 6.61 Å². The van der Waals surface area contributed by atoms with Gasteiger partial charge in [-0.05, 0) is 42.5 Å². The monoisotopic (exact) mass is 405 g/mol. The number of aromatic nitrogens is 1. The summed E-state index contributed by atoms with van der Waals surface area (Å²) in [4.78, 5) is 17.5. The van der Waals surface area contributed by atoms with Crippen LogP contribution in [0.4, 0.5) is 15.0 Å². The van der Waals surface area contributed by atoms with E-state index in [0.717, 1.165) is 12.8 Å². The average molecular weight is 406 g/mol. The summed E-state index contributed by atoms with van der Waals surface area (Å²) in [5.74, 6) is -0.395. The van der Waals surface area contributed by atoms with Crippen molar-refractivity contribution in [1.29, 1.82) is 5.41 Å². The van der Waals surface area contributed by atoms with Crippen molar-refractivity contribution < 1.29 is 13.9 Å². The van der Waals surface area contributed by atoms with Gasteiger partial charge < -0.3 is 15.4 Å². The summed E-state index contributed by atoms with van der Waals surface area (Å²) in [5, 5.41) is 9.66. The smallest absolute Gasteiger partial charge is 0.414 e. The first-order valence-electron chi connectivity index (χ1n) is 8.85. The molecule has 7 nitrogen and oxygen atoms in total. The molecule has 0 radical (unpaired) electrons. The minimum atomic E-state index is -0.908. The van der Waals surface area contributed by atoms with E-state index >= 15 is 0 Å². The standard InChI is InChI=1S/C19H21ClFN5O2/c20-15-3-1-12(2-4-15)13-6-9-26(10-7-13)17-16(21)14(5-8-24-17)11-28-19(27)25-18(22)23/h1-5,8,13H,6-7,9-11H2,(H4,22,23,25,27). The molecule has 3 rings (SSSR count). The number of benzene rings is 1. The molecule has 1 amide bonds. The maximum Gasteiger partial charge on any atom is 0.414 e. The van der Waals surface area contributed by atoms with Crippen molar-refractivity contribution in [3.8, 4) is 0 Å². The lowest BCUT2D eigenvalue weighted by Crippen LogP contribution is -2.36. The largest absolute Gasteiger partial charge is 0.444 e. The SMILES string of the molecule is N=C(N)NC(=O)OCc1ccnc(N2CCC(c3ccc(Cl)cc3)CC2)c1F. The number of nitrogens with one attached hydrogen (secondary N) is 2. The molecule has 28 heavy (non-hydrogen) atoms. The number of pyridine rings is 1. The summed E-state index contributed by atoms with van der Waals surface area (Å²) >= 11 is 5.95. The molecule has 9 heteroatoms. The van der Waals surface area contributed by atoms with E-state index in [1.54, 1.807) is 0 Å². The zero-order valence-corrected chi connectivity index (χ0v) is 15.9. The lowest BCUT2D eigenvalue weighted by atomic mass is 9.89. The van der Waals surface area contributed by atoms with Crippen LogP contribution in [0, 0.1) is 11.2 Å². The summed E-state index contributed by atoms with van der Waals surface area (Å²) in [6.07, 6.45) is 2.34. The number of hydrogen-bond donors (Lipinski definition) is 3. The minimum Gasteiger partial charge on any atom is -0.444 e. The molecule has 148 valence electrons. The number of alkyl carbamates (subject to hydrolysis) is 1. The molecule has 0 unspecified atom stereocenters. The number of nitrogens with two attached hydrogens (primary N) is 1. The molecule has 0 aliphatic carbocycles. The molecule has 4 N–H and O–H groups in total. The molecular formula is C19H21ClFN5O2. The number of ether oxygens (including phenoxy) is 1. The minimum absolute atomic E-state index is 0.212. The Hall–Kier alpha value is -2.87. The van der Waals surface area contributed by atoms with Gasteiger partial charge in [0.05, 0.1) is 0 Å². The zero-order valence-electron chi connectivity index (χ0n) is 15.1. The van der Waals surface area contributed by atoms with Gasteiger partial charge in [0.15, 0.2) is 17.6 Å². The van der Waals surface area contributed by atoms with E-state index in [0.29, 0.717) is 24.0 Å². The molecule has 0 saturated carbocycles. The van der Waals surface area contributed by atoms with Gasteiger partial charge in [-0.15, -0.1) is 0 Å². The number of carbonyl (C=O) groups is 1. The lowest BCUT2D eigenvalue weighted by Gasteiger charge is -2.33. The predicted octanol–water partition coefficient (Wildman–Crippen LogP) is 3.38. The van der Waals surface area contributed by atoms with Gasteiger partial charge >= 0.3 is 6.09 Å². The number of hydrogen-bond acceptors (Lipinski definition) is 5. The Kier molecular flexibility index (Phi) is 6.30. The molecule has 2 heterocycles. The van der Waals surface area contributed by atoms with Crippen LogP contribution in [0.1, 0.15) is 29.9 Å². The van der Waals surface area contributed by atoms with Gasteiger partial charge in [0, 0.05) is 29.9 Å². The average Bonchev–Trinajstić information content (AvgIpc) is 2.67. The van der Waals surface area contributed by atoms with Crippen molar-refractivity contribution in [3.63, 3.8) is 0 Å². The molecule has 0 bridgehead atoms. The highest BCUT2D eigenvalue weighted by atomic mass is 35.5. The first-order valence-corrected chi connectivity index (χ1v) is 9.23. The van der Waals surface area contributed by atoms with Crippen molar-refractivity contribution >= 4 is 29.5 Å². The summed E-state index contributed by atoms with van der Waals surface area (Å²) < 4.78 is 19.7. The topological polar surface area (TPSA) is 104 Å². The van der Waals surface area contributed by atoms with Crippen LogP contribution in [0.15, 0.2) is 36.5 Å². The second-order valence-electron chi connectivity index (χ2n) is 6.54. The number of carbonyl (C=O) groups excluding carboxylic acids is 1. The van der Waals surface area contributed by atoms with Crippen LogP contribution in [-0.2, 0) is 11.3 Å². The van der Waals surface area contributed by atoms with E-state index in [4.69, 9.17) is 27.5 Å². The molecule has 0 spiro atoms. The molecule has 0 atom stereocenters. The number of nitrogens with zero attached hydrogens (tertiary/aromatic N) is 2. The molecule has 2 aromatic rings. The van der Waals surface area contributed by atoms with Crippen LogP contribution in [0.3, 0.4) is 0 Å². The lowest BCUT2D eigenvalue weighted by molar-refractivity contribution is 0.143. The Morgan fingerprint density at radius 3 is 2.64 bits per heavy atom. The highest BCUT2D eigenvalue weighted by Gasteiger charge is 2.24. The van der Waals surface area contributed by atoms with Crippen LogP contribution < -0.4 is 16.0 Å². The van der Waals surface area contributed by atoms with Crippen LogP contribution in [0.5, 0.6) is 0 Å². The Balaban J connectivity index is 1.62. The van der Waals surface area contributed by atoms with Crippen molar-refractivity contribution in [2.24, 2.45) is 5.73 Å². The van der Waals surface area contributed by atoms with Gasteiger partial charge in [-0.1, -0.05) is 23.7 Å². The van der Waals surface area contributed by atoms with E-state index in [1.165, 1.54) is 17.8 Å². The van der Waals surface area contributed by atoms with E-state index in [-0.39, 0.29) is 18.0 Å². The first kappa shape index (κ1) is 19.9. The van der Waals surface area contributed by atoms with E-state index in [2.05, 4.69) is 4.98 Å². The Bertz CT molecular complexity index is 854. The van der Waals surface area contributed by atoms with E-state index in [9.17, 15) is 9.18 Å². The van der Waals surface area contributed by atoms with Gasteiger partial charge in [-0.2, -0.15) is 0 Å². The van der Waals surface area contributed by atoms with Gasteiger partial charge in [0.25, 0.3) is 0 Å². The Morgan fingerprint density at radius 2 is 2.00 bits per heavy atom. The van der Waals surface area contributed by atoms with Crippen molar-refractivity contribution in [1.82, 2.24) is 10.3 Å². The number of guanidine groups is 1. The molecule has 1 aliphatic heterocycles. The molecule has 1 saturated heterocycles. The van der Waals surface area contributed by atoms with Crippen molar-refractivity contribution in [3.05, 3.63) is 58.5 Å². The van der Waals surface area contributed by atoms with Gasteiger partial charge in [0.2, 0.25) is 0 Å². The fourth-order valence-corrected chi connectivity index (χ4v) is 3.38. The summed E-state index contributed by atoms with van der Waals surface area (Å²) in [6, 6.07) is 9.30. The Labute approximate surface area is 167 Å². The van der Waals surface area contributed by atoms with Crippen LogP contribution in [0.2, 0.25) is 5.02 Å². The van der Waals surface area contributed by atoms with Crippen LogP contribution in [-0.4, -0.2) is 30.1 Å². The molecule has 1 aliphatic rings. The summed E-state index contributed by atoms with van der Waals surface area (Å²) in [5.41, 5.74) is 6.49. The third-order valence-corrected chi connectivity index (χ3v) is 4.93. The second kappa shape index (κ2) is 8.88. The van der Waals surface area contributed by atoms with E-state index < -0.39 is 17.9 Å². The van der Waals surface area contributed by atoms with E-state index in [1.807, 2.05) is 34.5 Å². The third kappa shape index (κ3) is 4.89. The summed E-state index contributed by atoms with van der Waals surface area (Å²) in [7, 11) is 0. The predicted molar refractivity (Wildman–Crippen MR) is 105 cm³/mol. The quantitative estimate of drug-likeness (QED) is 0.534. The number of anilines is 1. The molecule has 1 aromatic carbocycles. The van der Waals surface area contributed by atoms with Gasteiger partial charge in [-0.3, -0.25) is 10.7 Å². The molecule has 1 fully saturated rings. The van der Waals surface area contributed by atoms with Crippen molar-refractivity contribution in [2.75, 3.05) is 18.0 Å². The second-order valence-corrected chi connectivity index (χ2v) is 6.97. The van der Waals surface area contributed by atoms with Crippen LogP contribution in [0.25, 0.3) is 0 Å². The fraction of sp³-hybridized carbons (Fsp3) is 0.316. The maximum atomic E-state index is 14.8. The highest BCUT2D eigenvalue weighted by molar-refractivity contribution is 6.30. The number of rotatable bonds is 4. The normalized spacial score (nSPS) is 14.6. The van der Waals surface area contributed by atoms with Crippen LogP contribution >= 0.6 is 11.6 Å². The summed E-state index contributed by atoms with van der Waals surface area (Å²) in [6.45, 7) is 1.07. The number of piperidine rings is 1. The fourth-order valence-electron chi connectivity index (χ4n) is 3.25. The van der Waals surface area contributed by atoms with Gasteiger partial charge in [-0.25, -0.2) is 14.2 Å². The molecule has 1 aromatic heterocycles. The zero-order chi connectivity index (χ0) is 20.1. The highest BCUT2D eigenvalue weighted by Crippen LogP contribution is 2.31. The maximum absolute atomic E-state index is 14.8. The Morgan fingerprint density at radius 1 is 1.32 bits per heavy atom. The number of halogens is 2. The number of amides is 1. The first-order chi connectivity index (χ1) is 13.4.